The van der Waals surface area contributed by atoms with Crippen molar-refractivity contribution in [1.29, 1.82) is 0 Å². The van der Waals surface area contributed by atoms with E-state index >= 15 is 0 Å². The third-order valence-electron chi connectivity index (χ3n) is 3.11. The van der Waals surface area contributed by atoms with Gasteiger partial charge in [-0.15, -0.1) is 0 Å². The van der Waals surface area contributed by atoms with Gasteiger partial charge in [-0.2, -0.15) is 0 Å². The van der Waals surface area contributed by atoms with Crippen LogP contribution in [-0.2, 0) is 16.6 Å². The molecule has 7 heteroatoms. The maximum atomic E-state index is 12.3. The van der Waals surface area contributed by atoms with E-state index in [-0.39, 0.29) is 11.4 Å². The van der Waals surface area contributed by atoms with Crippen LogP contribution in [0.2, 0.25) is 5.02 Å². The van der Waals surface area contributed by atoms with Crippen LogP contribution in [0.5, 0.6) is 0 Å². The van der Waals surface area contributed by atoms with Crippen molar-refractivity contribution in [2.24, 2.45) is 0 Å². The SMILES string of the molecule is O=S(=O)(NCc1ccccc1Cl)c1ccc2nc[nH]c2c1. The van der Waals surface area contributed by atoms with Crippen molar-refractivity contribution in [2.75, 3.05) is 0 Å². The first-order valence-electron chi connectivity index (χ1n) is 6.22. The molecule has 2 aromatic carbocycles. The van der Waals surface area contributed by atoms with Gasteiger partial charge in [-0.05, 0) is 29.8 Å². The molecule has 5 nitrogen and oxygen atoms in total. The predicted octanol–water partition coefficient (Wildman–Crippen LogP) is 2.69. The van der Waals surface area contributed by atoms with E-state index in [9.17, 15) is 8.42 Å². The number of hydrogen-bond donors (Lipinski definition) is 2. The van der Waals surface area contributed by atoms with Gasteiger partial charge in [0.25, 0.3) is 0 Å². The first kappa shape index (κ1) is 14.1. The van der Waals surface area contributed by atoms with Gasteiger partial charge in [0.05, 0.1) is 22.3 Å². The minimum absolute atomic E-state index is 0.142. The fourth-order valence-corrected chi connectivity index (χ4v) is 3.21. The first-order valence-corrected chi connectivity index (χ1v) is 8.08. The molecule has 1 aromatic heterocycles. The molecule has 0 saturated carbocycles. The van der Waals surface area contributed by atoms with Crippen LogP contribution in [0.1, 0.15) is 5.56 Å². The Bertz CT molecular complexity index is 890. The normalized spacial score (nSPS) is 11.9. The molecule has 0 saturated heterocycles. The number of hydrogen-bond acceptors (Lipinski definition) is 3. The molecule has 1 heterocycles. The molecule has 0 unspecified atom stereocenters. The average molecular weight is 322 g/mol. The molecule has 0 aliphatic carbocycles. The number of aromatic nitrogens is 2. The lowest BCUT2D eigenvalue weighted by atomic mass is 10.2. The molecule has 21 heavy (non-hydrogen) atoms. The number of nitrogens with zero attached hydrogens (tertiary/aromatic N) is 1. The van der Waals surface area contributed by atoms with E-state index in [1.807, 2.05) is 6.07 Å². The lowest BCUT2D eigenvalue weighted by Crippen LogP contribution is -2.23. The molecule has 2 N–H and O–H groups in total. The summed E-state index contributed by atoms with van der Waals surface area (Å²) >= 11 is 6.01. The Hall–Kier alpha value is -1.89. The summed E-state index contributed by atoms with van der Waals surface area (Å²) in [4.78, 5) is 7.14. The maximum absolute atomic E-state index is 12.3. The van der Waals surface area contributed by atoms with Gasteiger partial charge >= 0.3 is 0 Å². The van der Waals surface area contributed by atoms with E-state index in [1.54, 1.807) is 30.3 Å². The van der Waals surface area contributed by atoms with Gasteiger partial charge in [0.15, 0.2) is 0 Å². The summed E-state index contributed by atoms with van der Waals surface area (Å²) in [5.74, 6) is 0. The highest BCUT2D eigenvalue weighted by Crippen LogP contribution is 2.18. The third kappa shape index (κ3) is 2.92. The second-order valence-electron chi connectivity index (χ2n) is 4.50. The van der Waals surface area contributed by atoms with Crippen molar-refractivity contribution >= 4 is 32.7 Å². The predicted molar refractivity (Wildman–Crippen MR) is 81.6 cm³/mol. The van der Waals surface area contributed by atoms with Gasteiger partial charge in [0, 0.05) is 11.6 Å². The van der Waals surface area contributed by atoms with Gasteiger partial charge in [0.2, 0.25) is 10.0 Å². The van der Waals surface area contributed by atoms with Gasteiger partial charge in [-0.3, -0.25) is 0 Å². The second kappa shape index (κ2) is 5.48. The monoisotopic (exact) mass is 321 g/mol. The lowest BCUT2D eigenvalue weighted by Gasteiger charge is -2.08. The number of benzene rings is 2. The molecule has 0 fully saturated rings. The van der Waals surface area contributed by atoms with Crippen LogP contribution < -0.4 is 4.72 Å². The minimum Gasteiger partial charge on any atom is -0.345 e. The van der Waals surface area contributed by atoms with Crippen LogP contribution in [0.3, 0.4) is 0 Å². The quantitative estimate of drug-likeness (QED) is 0.775. The Morgan fingerprint density at radius 2 is 2.00 bits per heavy atom. The van der Waals surface area contributed by atoms with Crippen LogP contribution in [-0.4, -0.2) is 18.4 Å². The van der Waals surface area contributed by atoms with Crippen molar-refractivity contribution in [2.45, 2.75) is 11.4 Å². The molecular weight excluding hydrogens is 310 g/mol. The summed E-state index contributed by atoms with van der Waals surface area (Å²) in [6.07, 6.45) is 1.53. The van der Waals surface area contributed by atoms with Gasteiger partial charge in [0.1, 0.15) is 0 Å². The molecular formula is C14H12ClN3O2S. The molecule has 3 aromatic rings. The highest BCUT2D eigenvalue weighted by atomic mass is 35.5. The molecule has 0 aliphatic rings. The fourth-order valence-electron chi connectivity index (χ4n) is 1.98. The Kier molecular flexibility index (Phi) is 3.67. The van der Waals surface area contributed by atoms with E-state index in [0.29, 0.717) is 10.5 Å². The van der Waals surface area contributed by atoms with Gasteiger partial charge < -0.3 is 4.98 Å². The molecule has 0 aliphatic heterocycles. The van der Waals surface area contributed by atoms with Crippen molar-refractivity contribution in [3.63, 3.8) is 0 Å². The number of halogens is 1. The standard InChI is InChI=1S/C14H12ClN3O2S/c15-12-4-2-1-3-10(12)8-18-21(19,20)11-5-6-13-14(7-11)17-9-16-13/h1-7,9,18H,8H2,(H,16,17). The van der Waals surface area contributed by atoms with E-state index in [1.165, 1.54) is 12.4 Å². The van der Waals surface area contributed by atoms with E-state index in [2.05, 4.69) is 14.7 Å². The van der Waals surface area contributed by atoms with Crippen molar-refractivity contribution in [1.82, 2.24) is 14.7 Å². The Morgan fingerprint density at radius 1 is 1.19 bits per heavy atom. The Labute approximate surface area is 127 Å². The minimum atomic E-state index is -3.60. The summed E-state index contributed by atoms with van der Waals surface area (Å²) in [5.41, 5.74) is 2.13. The second-order valence-corrected chi connectivity index (χ2v) is 6.67. The number of H-pyrrole nitrogens is 1. The molecule has 0 atom stereocenters. The highest BCUT2D eigenvalue weighted by molar-refractivity contribution is 7.89. The van der Waals surface area contributed by atoms with Gasteiger partial charge in [-0.25, -0.2) is 18.1 Å². The van der Waals surface area contributed by atoms with Crippen molar-refractivity contribution in [3.05, 3.63) is 59.4 Å². The average Bonchev–Trinajstić information content (AvgIpc) is 2.94. The zero-order valence-corrected chi connectivity index (χ0v) is 12.4. The van der Waals surface area contributed by atoms with Crippen LogP contribution >= 0.6 is 11.6 Å². The summed E-state index contributed by atoms with van der Waals surface area (Å²) in [6, 6.07) is 11.9. The summed E-state index contributed by atoms with van der Waals surface area (Å²) in [6.45, 7) is 0.142. The number of fused-ring (bicyclic) bond motifs is 1. The van der Waals surface area contributed by atoms with Crippen LogP contribution in [0.25, 0.3) is 11.0 Å². The van der Waals surface area contributed by atoms with Crippen LogP contribution in [0, 0.1) is 0 Å². The van der Waals surface area contributed by atoms with E-state index < -0.39 is 10.0 Å². The zero-order chi connectivity index (χ0) is 14.9. The molecule has 3 rings (SSSR count). The number of aromatic amines is 1. The number of nitrogens with one attached hydrogen (secondary N) is 2. The Balaban J connectivity index is 1.85. The molecule has 0 radical (unpaired) electrons. The third-order valence-corrected chi connectivity index (χ3v) is 4.88. The van der Waals surface area contributed by atoms with E-state index in [4.69, 9.17) is 11.6 Å². The number of rotatable bonds is 4. The molecule has 0 bridgehead atoms. The number of sulfonamides is 1. The van der Waals surface area contributed by atoms with Crippen molar-refractivity contribution < 1.29 is 8.42 Å². The molecule has 0 amide bonds. The summed E-state index contributed by atoms with van der Waals surface area (Å²) < 4.78 is 27.1. The van der Waals surface area contributed by atoms with Crippen LogP contribution in [0.4, 0.5) is 0 Å². The van der Waals surface area contributed by atoms with Crippen molar-refractivity contribution in [3.8, 4) is 0 Å². The Morgan fingerprint density at radius 3 is 2.81 bits per heavy atom. The highest BCUT2D eigenvalue weighted by Gasteiger charge is 2.15. The molecule has 0 spiro atoms. The maximum Gasteiger partial charge on any atom is 0.240 e. The smallest absolute Gasteiger partial charge is 0.240 e. The van der Waals surface area contributed by atoms with E-state index in [0.717, 1.165) is 11.1 Å². The lowest BCUT2D eigenvalue weighted by molar-refractivity contribution is 0.581. The topological polar surface area (TPSA) is 74.8 Å². The fraction of sp³-hybridized carbons (Fsp3) is 0.0714. The number of imidazole rings is 1. The summed E-state index contributed by atoms with van der Waals surface area (Å²) in [7, 11) is -3.60. The molecule has 108 valence electrons. The van der Waals surface area contributed by atoms with Crippen LogP contribution in [0.15, 0.2) is 53.7 Å². The first-order chi connectivity index (χ1) is 10.1. The zero-order valence-electron chi connectivity index (χ0n) is 10.9. The largest absolute Gasteiger partial charge is 0.345 e. The summed E-state index contributed by atoms with van der Waals surface area (Å²) in [5, 5.41) is 0.532. The van der Waals surface area contributed by atoms with Gasteiger partial charge in [-0.1, -0.05) is 29.8 Å².